The second-order valence-corrected chi connectivity index (χ2v) is 8.92. The van der Waals surface area contributed by atoms with E-state index in [2.05, 4.69) is 9.62 Å². The minimum atomic E-state index is -3.72. The van der Waals surface area contributed by atoms with Crippen LogP contribution in [0.25, 0.3) is 0 Å². The molecule has 2 aromatic carbocycles. The van der Waals surface area contributed by atoms with Crippen molar-refractivity contribution in [2.75, 3.05) is 26.7 Å². The molecule has 1 N–H and O–H groups in total. The summed E-state index contributed by atoms with van der Waals surface area (Å²) in [6.07, 6.45) is 3.42. The number of hydrogen-bond acceptors (Lipinski definition) is 4. The summed E-state index contributed by atoms with van der Waals surface area (Å²) >= 11 is 0. The number of nitrogens with zero attached hydrogens (tertiary/aromatic N) is 1. The normalized spacial score (nSPS) is 16.7. The van der Waals surface area contributed by atoms with Gasteiger partial charge in [-0.25, -0.2) is 17.5 Å². The molecule has 1 heterocycles. The lowest BCUT2D eigenvalue weighted by atomic mass is 10.0. The minimum Gasteiger partial charge on any atom is -0.497 e. The van der Waals surface area contributed by atoms with Crippen LogP contribution in [0.2, 0.25) is 0 Å². The van der Waals surface area contributed by atoms with Crippen LogP contribution in [0.15, 0.2) is 47.4 Å². The van der Waals surface area contributed by atoms with Gasteiger partial charge in [-0.05, 0) is 74.3 Å². The third-order valence-electron chi connectivity index (χ3n) is 5.24. The van der Waals surface area contributed by atoms with Gasteiger partial charge in [-0.3, -0.25) is 4.90 Å². The molecular formula is C21H27FN2O3S. The first-order valence-corrected chi connectivity index (χ1v) is 11.0. The molecule has 3 rings (SSSR count). The maximum Gasteiger partial charge on any atom is 0.240 e. The summed E-state index contributed by atoms with van der Waals surface area (Å²) in [6.45, 7) is 3.69. The zero-order chi connectivity index (χ0) is 20.1. The van der Waals surface area contributed by atoms with Crippen LogP contribution in [-0.4, -0.2) is 40.1 Å². The van der Waals surface area contributed by atoms with Crippen LogP contribution in [0.5, 0.6) is 5.75 Å². The largest absolute Gasteiger partial charge is 0.497 e. The van der Waals surface area contributed by atoms with Crippen molar-refractivity contribution < 1.29 is 17.5 Å². The van der Waals surface area contributed by atoms with E-state index >= 15 is 0 Å². The Balaban J connectivity index is 1.80. The summed E-state index contributed by atoms with van der Waals surface area (Å²) in [5, 5.41) is 0. The predicted molar refractivity (Wildman–Crippen MR) is 107 cm³/mol. The Kier molecular flexibility index (Phi) is 6.69. The minimum absolute atomic E-state index is 0.0671. The van der Waals surface area contributed by atoms with Gasteiger partial charge >= 0.3 is 0 Å². The average Bonchev–Trinajstić information content (AvgIpc) is 2.71. The van der Waals surface area contributed by atoms with Crippen LogP contribution >= 0.6 is 0 Å². The molecule has 1 aliphatic rings. The molecule has 0 amide bonds. The monoisotopic (exact) mass is 406 g/mol. The molecule has 1 saturated heterocycles. The number of ether oxygens (including phenoxy) is 1. The molecule has 0 aliphatic carbocycles. The molecule has 0 aromatic heterocycles. The Bertz CT molecular complexity index is 894. The topological polar surface area (TPSA) is 58.6 Å². The molecule has 1 unspecified atom stereocenters. The maximum absolute atomic E-state index is 13.5. The summed E-state index contributed by atoms with van der Waals surface area (Å²) < 4.78 is 46.9. The third-order valence-corrected chi connectivity index (χ3v) is 6.66. The SMILES string of the molecule is COc1ccc(C(CNS(=O)(=O)c2ccc(F)c(C)c2)N2CCCCC2)cc1. The van der Waals surface area contributed by atoms with Crippen LogP contribution in [0.1, 0.15) is 36.4 Å². The van der Waals surface area contributed by atoms with Crippen molar-refractivity contribution in [1.82, 2.24) is 9.62 Å². The van der Waals surface area contributed by atoms with Gasteiger partial charge in [0.25, 0.3) is 0 Å². The van der Waals surface area contributed by atoms with Crippen molar-refractivity contribution in [3.8, 4) is 5.75 Å². The van der Waals surface area contributed by atoms with Crippen molar-refractivity contribution in [1.29, 1.82) is 0 Å². The van der Waals surface area contributed by atoms with Gasteiger partial charge in [0.2, 0.25) is 10.0 Å². The van der Waals surface area contributed by atoms with Gasteiger partial charge < -0.3 is 4.74 Å². The summed E-state index contributed by atoms with van der Waals surface area (Å²) in [5.41, 5.74) is 1.35. The van der Waals surface area contributed by atoms with Crippen LogP contribution in [0, 0.1) is 12.7 Å². The second kappa shape index (κ2) is 9.03. The highest BCUT2D eigenvalue weighted by molar-refractivity contribution is 7.89. The fourth-order valence-corrected chi connectivity index (χ4v) is 4.69. The lowest BCUT2D eigenvalue weighted by molar-refractivity contribution is 0.164. The van der Waals surface area contributed by atoms with Crippen molar-refractivity contribution in [3.05, 3.63) is 59.4 Å². The number of benzene rings is 2. The summed E-state index contributed by atoms with van der Waals surface area (Å²) in [6, 6.07) is 11.5. The van der Waals surface area contributed by atoms with Crippen molar-refractivity contribution in [2.45, 2.75) is 37.1 Å². The number of aryl methyl sites for hydroxylation is 1. The van der Waals surface area contributed by atoms with E-state index in [1.165, 1.54) is 24.6 Å². The predicted octanol–water partition coefficient (Wildman–Crippen LogP) is 3.65. The Labute approximate surface area is 166 Å². The summed E-state index contributed by atoms with van der Waals surface area (Å²) in [7, 11) is -2.10. The molecule has 1 fully saturated rings. The average molecular weight is 407 g/mol. The molecule has 0 spiro atoms. The first-order chi connectivity index (χ1) is 13.4. The van der Waals surface area contributed by atoms with Crippen LogP contribution < -0.4 is 9.46 Å². The number of rotatable bonds is 7. The molecule has 0 saturated carbocycles. The van der Waals surface area contributed by atoms with Crippen LogP contribution in [0.3, 0.4) is 0 Å². The van der Waals surface area contributed by atoms with E-state index < -0.39 is 15.8 Å². The quantitative estimate of drug-likeness (QED) is 0.763. The van der Waals surface area contributed by atoms with Gasteiger partial charge in [-0.2, -0.15) is 0 Å². The fourth-order valence-electron chi connectivity index (χ4n) is 3.57. The third kappa shape index (κ3) is 4.90. The number of halogens is 1. The maximum atomic E-state index is 13.5. The highest BCUT2D eigenvalue weighted by Gasteiger charge is 2.25. The molecule has 0 radical (unpaired) electrons. The zero-order valence-corrected chi connectivity index (χ0v) is 17.1. The van der Waals surface area contributed by atoms with Gasteiger partial charge in [-0.1, -0.05) is 18.6 Å². The van der Waals surface area contributed by atoms with Crippen molar-refractivity contribution in [2.24, 2.45) is 0 Å². The molecule has 28 heavy (non-hydrogen) atoms. The molecule has 1 aliphatic heterocycles. The number of hydrogen-bond donors (Lipinski definition) is 1. The van der Waals surface area contributed by atoms with Crippen molar-refractivity contribution in [3.63, 3.8) is 0 Å². The van der Waals surface area contributed by atoms with Gasteiger partial charge in [0.15, 0.2) is 0 Å². The Morgan fingerprint density at radius 2 is 1.79 bits per heavy atom. The van der Waals surface area contributed by atoms with E-state index in [4.69, 9.17) is 4.74 Å². The molecule has 2 aromatic rings. The van der Waals surface area contributed by atoms with Crippen LogP contribution in [-0.2, 0) is 10.0 Å². The Hall–Kier alpha value is -1.96. The highest BCUT2D eigenvalue weighted by atomic mass is 32.2. The first-order valence-electron chi connectivity index (χ1n) is 9.54. The van der Waals surface area contributed by atoms with Crippen LogP contribution in [0.4, 0.5) is 4.39 Å². The number of sulfonamides is 1. The summed E-state index contributed by atoms with van der Waals surface area (Å²) in [4.78, 5) is 2.41. The Morgan fingerprint density at radius 1 is 1.11 bits per heavy atom. The smallest absolute Gasteiger partial charge is 0.240 e. The number of methoxy groups -OCH3 is 1. The van der Waals surface area contributed by atoms with E-state index in [0.29, 0.717) is 5.56 Å². The van der Waals surface area contributed by atoms with Crippen molar-refractivity contribution >= 4 is 10.0 Å². The van der Waals surface area contributed by atoms with Gasteiger partial charge in [-0.15, -0.1) is 0 Å². The highest BCUT2D eigenvalue weighted by Crippen LogP contribution is 2.26. The van der Waals surface area contributed by atoms with Gasteiger partial charge in [0.05, 0.1) is 12.0 Å². The van der Waals surface area contributed by atoms with Gasteiger partial charge in [0.1, 0.15) is 11.6 Å². The Morgan fingerprint density at radius 3 is 2.39 bits per heavy atom. The second-order valence-electron chi connectivity index (χ2n) is 7.15. The molecule has 0 bridgehead atoms. The molecular weight excluding hydrogens is 379 g/mol. The number of piperidine rings is 1. The zero-order valence-electron chi connectivity index (χ0n) is 16.3. The molecule has 152 valence electrons. The first kappa shape index (κ1) is 20.8. The van der Waals surface area contributed by atoms with E-state index in [1.807, 2.05) is 24.3 Å². The van der Waals surface area contributed by atoms with E-state index in [0.717, 1.165) is 37.2 Å². The standard InChI is InChI=1S/C21H27FN2O3S/c1-16-14-19(10-11-20(16)22)28(25,26)23-15-21(24-12-4-3-5-13-24)17-6-8-18(27-2)9-7-17/h6-11,14,21,23H,3-5,12-13,15H2,1-2H3. The van der Waals surface area contributed by atoms with E-state index in [9.17, 15) is 12.8 Å². The molecule has 1 atom stereocenters. The summed E-state index contributed by atoms with van der Waals surface area (Å²) in [5.74, 6) is 0.354. The molecule has 5 nitrogen and oxygen atoms in total. The molecule has 7 heteroatoms. The van der Waals surface area contributed by atoms with E-state index in [-0.39, 0.29) is 17.5 Å². The van der Waals surface area contributed by atoms with Gasteiger partial charge in [0, 0.05) is 12.6 Å². The van der Waals surface area contributed by atoms with E-state index in [1.54, 1.807) is 14.0 Å². The fraction of sp³-hybridized carbons (Fsp3) is 0.429. The lowest BCUT2D eigenvalue weighted by Crippen LogP contribution is -2.40. The number of likely N-dealkylation sites (tertiary alicyclic amines) is 1. The lowest BCUT2D eigenvalue weighted by Gasteiger charge is -2.35. The number of nitrogens with one attached hydrogen (secondary N) is 1.